The van der Waals surface area contributed by atoms with Gasteiger partial charge < -0.3 is 27.0 Å². The fourth-order valence-corrected chi connectivity index (χ4v) is 12.2. The Morgan fingerprint density at radius 1 is 0.692 bits per heavy atom. The van der Waals surface area contributed by atoms with Crippen molar-refractivity contribution in [2.75, 3.05) is 13.1 Å². The van der Waals surface area contributed by atoms with E-state index in [4.69, 9.17) is 27.0 Å². The minimum Gasteiger partial charge on any atom is -0.454 e. The Labute approximate surface area is 165 Å². The molecular weight excluding hydrogens is 356 g/mol. The van der Waals surface area contributed by atoms with Crippen molar-refractivity contribution in [2.24, 2.45) is 22.9 Å². The van der Waals surface area contributed by atoms with Crippen molar-refractivity contribution in [3.8, 4) is 0 Å². The van der Waals surface area contributed by atoms with Crippen LogP contribution in [0.2, 0.25) is 32.2 Å². The van der Waals surface area contributed by atoms with Crippen LogP contribution in [0.1, 0.15) is 64.2 Å². The van der Waals surface area contributed by atoms with Gasteiger partial charge in [-0.3, -0.25) is 0 Å². The second-order valence-corrected chi connectivity index (χ2v) is 17.8. The Morgan fingerprint density at radius 3 is 1.77 bits per heavy atom. The van der Waals surface area contributed by atoms with Gasteiger partial charge >= 0.3 is 0 Å². The number of hydrogen-bond acceptors (Lipinski definition) is 5. The Balaban J connectivity index is 3.87. The van der Waals surface area contributed by atoms with Crippen LogP contribution in [0.25, 0.3) is 0 Å². The smallest absolute Gasteiger partial charge is 0.190 e. The summed E-state index contributed by atoms with van der Waals surface area (Å²) in [6, 6.07) is 1.47. The van der Waals surface area contributed by atoms with E-state index in [1.807, 2.05) is 0 Å². The molecule has 5 nitrogen and oxygen atoms in total. The molecule has 158 valence electrons. The van der Waals surface area contributed by atoms with Crippen LogP contribution in [0.3, 0.4) is 0 Å². The van der Waals surface area contributed by atoms with E-state index < -0.39 is 16.6 Å². The summed E-state index contributed by atoms with van der Waals surface area (Å²) in [5.74, 6) is 0. The summed E-state index contributed by atoms with van der Waals surface area (Å²) >= 11 is 0. The van der Waals surface area contributed by atoms with E-state index in [-0.39, 0.29) is 5.67 Å². The lowest BCUT2D eigenvalue weighted by molar-refractivity contribution is 0.484. The highest BCUT2D eigenvalue weighted by molar-refractivity contribution is 6.85. The topological polar surface area (TPSA) is 113 Å². The lowest BCUT2D eigenvalue weighted by Crippen LogP contribution is -2.56. The molecule has 2 atom stereocenters. The molecule has 7 heteroatoms. The van der Waals surface area contributed by atoms with Crippen LogP contribution in [0, 0.1) is 0 Å². The number of unbranched alkanes of at least 4 members (excludes halogenated alkanes) is 4. The van der Waals surface area contributed by atoms with E-state index in [9.17, 15) is 0 Å². The molecule has 0 aromatic heterocycles. The SMILES string of the molecule is C[Si](C)(CCCN)O[Si](C)(C)C(N)CCCCCCCC(N)CCCN. The molecule has 0 saturated carbocycles. The van der Waals surface area contributed by atoms with Gasteiger partial charge in [0.05, 0.1) is 0 Å². The minimum atomic E-state index is -1.82. The molecule has 0 aliphatic carbocycles. The molecule has 0 aromatic carbocycles. The fraction of sp³-hybridized carbons (Fsp3) is 1.00. The van der Waals surface area contributed by atoms with Gasteiger partial charge in [-0.25, -0.2) is 0 Å². The quantitative estimate of drug-likeness (QED) is 0.219. The first-order chi connectivity index (χ1) is 12.1. The molecule has 0 rings (SSSR count). The molecule has 0 saturated heterocycles. The van der Waals surface area contributed by atoms with Gasteiger partial charge in [-0.05, 0) is 77.4 Å². The molecule has 8 N–H and O–H groups in total. The fourth-order valence-electron chi connectivity index (χ4n) is 3.54. The van der Waals surface area contributed by atoms with Crippen molar-refractivity contribution in [1.29, 1.82) is 0 Å². The van der Waals surface area contributed by atoms with Crippen LogP contribution in [0.5, 0.6) is 0 Å². The highest BCUT2D eigenvalue weighted by atomic mass is 28.4. The highest BCUT2D eigenvalue weighted by Gasteiger charge is 2.37. The van der Waals surface area contributed by atoms with Crippen molar-refractivity contribution < 1.29 is 4.12 Å². The van der Waals surface area contributed by atoms with Crippen molar-refractivity contribution in [3.05, 3.63) is 0 Å². The number of nitrogens with two attached hydrogens (primary N) is 4. The molecule has 0 amide bonds. The van der Waals surface area contributed by atoms with Gasteiger partial charge in [0.1, 0.15) is 0 Å². The third-order valence-electron chi connectivity index (χ3n) is 5.28. The third kappa shape index (κ3) is 13.4. The average molecular weight is 405 g/mol. The van der Waals surface area contributed by atoms with E-state index in [2.05, 4.69) is 26.2 Å². The molecule has 0 radical (unpaired) electrons. The van der Waals surface area contributed by atoms with Crippen molar-refractivity contribution in [3.63, 3.8) is 0 Å². The van der Waals surface area contributed by atoms with Crippen LogP contribution in [0.15, 0.2) is 0 Å². The predicted octanol–water partition coefficient (Wildman–Crippen LogP) is 3.43. The van der Waals surface area contributed by atoms with Crippen LogP contribution in [-0.2, 0) is 4.12 Å². The van der Waals surface area contributed by atoms with E-state index in [0.29, 0.717) is 6.04 Å². The zero-order valence-electron chi connectivity index (χ0n) is 18.1. The second kappa shape index (κ2) is 14.3. The first kappa shape index (κ1) is 26.2. The van der Waals surface area contributed by atoms with E-state index in [1.54, 1.807) is 0 Å². The number of hydrogen-bond donors (Lipinski definition) is 4. The van der Waals surface area contributed by atoms with Crippen molar-refractivity contribution in [2.45, 2.75) is 108 Å². The van der Waals surface area contributed by atoms with E-state index in [1.165, 1.54) is 32.1 Å². The molecular formula is C19H48N4OSi2. The monoisotopic (exact) mass is 404 g/mol. The molecule has 26 heavy (non-hydrogen) atoms. The molecule has 0 heterocycles. The maximum absolute atomic E-state index is 6.62. The lowest BCUT2D eigenvalue weighted by atomic mass is 10.0. The molecule has 0 aliphatic rings. The van der Waals surface area contributed by atoms with Gasteiger partial charge in [0.15, 0.2) is 16.6 Å². The molecule has 0 aromatic rings. The van der Waals surface area contributed by atoms with Crippen molar-refractivity contribution >= 4 is 16.6 Å². The van der Waals surface area contributed by atoms with Gasteiger partial charge in [-0.1, -0.05) is 32.1 Å². The minimum absolute atomic E-state index is 0.233. The average Bonchev–Trinajstić information content (AvgIpc) is 2.56. The van der Waals surface area contributed by atoms with E-state index >= 15 is 0 Å². The Bertz CT molecular complexity index is 344. The standard InChI is InChI=1S/C19H48N4OSi2/c1-25(2,17-11-16-21)24-26(3,4)19(23)14-9-7-5-6-8-12-18(22)13-10-15-20/h18-19H,5-17,20-23H2,1-4H3. The number of rotatable bonds is 17. The maximum atomic E-state index is 6.62. The zero-order valence-corrected chi connectivity index (χ0v) is 20.1. The zero-order chi connectivity index (χ0) is 20.1. The van der Waals surface area contributed by atoms with Crippen LogP contribution in [0.4, 0.5) is 0 Å². The Morgan fingerprint density at radius 2 is 1.19 bits per heavy atom. The van der Waals surface area contributed by atoms with Gasteiger partial charge in [0.25, 0.3) is 0 Å². The maximum Gasteiger partial charge on any atom is 0.190 e. The summed E-state index contributed by atoms with van der Waals surface area (Å²) in [5.41, 5.74) is 24.0. The summed E-state index contributed by atoms with van der Waals surface area (Å²) in [6.07, 6.45) is 11.7. The predicted molar refractivity (Wildman–Crippen MR) is 121 cm³/mol. The normalized spacial score (nSPS) is 15.2. The molecule has 0 aliphatic heterocycles. The Hall–Kier alpha value is 0.234. The Kier molecular flexibility index (Phi) is 14.4. The van der Waals surface area contributed by atoms with Gasteiger partial charge in [0.2, 0.25) is 0 Å². The molecule has 0 spiro atoms. The van der Waals surface area contributed by atoms with Gasteiger partial charge in [-0.15, -0.1) is 0 Å². The summed E-state index contributed by atoms with van der Waals surface area (Å²) in [5, 5.41) is 0. The van der Waals surface area contributed by atoms with Crippen LogP contribution < -0.4 is 22.9 Å². The van der Waals surface area contributed by atoms with Gasteiger partial charge in [0, 0.05) is 11.7 Å². The van der Waals surface area contributed by atoms with Crippen LogP contribution >= 0.6 is 0 Å². The first-order valence-corrected chi connectivity index (χ1v) is 16.9. The van der Waals surface area contributed by atoms with Gasteiger partial charge in [-0.2, -0.15) is 0 Å². The second-order valence-electron chi connectivity index (χ2n) is 9.00. The van der Waals surface area contributed by atoms with Crippen molar-refractivity contribution in [1.82, 2.24) is 0 Å². The molecule has 0 bridgehead atoms. The van der Waals surface area contributed by atoms with Crippen LogP contribution in [-0.4, -0.2) is 41.4 Å². The summed E-state index contributed by atoms with van der Waals surface area (Å²) in [6.45, 7) is 10.7. The lowest BCUT2D eigenvalue weighted by Gasteiger charge is -2.37. The third-order valence-corrected chi connectivity index (χ3v) is 13.2. The first-order valence-electron chi connectivity index (χ1n) is 10.8. The summed E-state index contributed by atoms with van der Waals surface area (Å²) in [4.78, 5) is 0. The molecule has 2 unspecified atom stereocenters. The van der Waals surface area contributed by atoms with E-state index in [0.717, 1.165) is 51.2 Å². The summed E-state index contributed by atoms with van der Waals surface area (Å²) < 4.78 is 6.62. The summed E-state index contributed by atoms with van der Waals surface area (Å²) in [7, 11) is -3.45. The largest absolute Gasteiger partial charge is 0.454 e. The highest BCUT2D eigenvalue weighted by Crippen LogP contribution is 2.23. The molecule has 0 fully saturated rings.